The summed E-state index contributed by atoms with van der Waals surface area (Å²) in [5.74, 6) is 2.55. The second-order valence-electron chi connectivity index (χ2n) is 2.18. The number of allylic oxidation sites excluding steroid dienone is 1. The quantitative estimate of drug-likeness (QED) is 0.503. The number of aliphatic imine (C=N–C) groups is 1. The summed E-state index contributed by atoms with van der Waals surface area (Å²) in [7, 11) is 0. The maximum Gasteiger partial charge on any atom is 0.0924 e. The van der Waals surface area contributed by atoms with Gasteiger partial charge in [0, 0.05) is 12.0 Å². The van der Waals surface area contributed by atoms with E-state index in [0.29, 0.717) is 5.37 Å². The van der Waals surface area contributed by atoms with Gasteiger partial charge < -0.3 is 10.3 Å². The molecule has 0 bridgehead atoms. The fraction of sp³-hybridized carbons (Fsp3) is 0.375. The fourth-order valence-corrected chi connectivity index (χ4v) is 1.69. The van der Waals surface area contributed by atoms with Crippen LogP contribution in [0, 0.1) is 12.3 Å². The molecule has 1 atom stereocenters. The van der Waals surface area contributed by atoms with Crippen molar-refractivity contribution in [3.63, 3.8) is 0 Å². The van der Waals surface area contributed by atoms with Crippen molar-refractivity contribution in [2.24, 2.45) is 4.99 Å². The SMILES string of the molecule is C#CC1=CSC(CCN=C)N1. The lowest BCUT2D eigenvalue weighted by Crippen LogP contribution is -2.20. The lowest BCUT2D eigenvalue weighted by atomic mass is 10.4. The smallest absolute Gasteiger partial charge is 0.0924 e. The molecule has 0 aliphatic carbocycles. The molecule has 0 fully saturated rings. The molecule has 0 saturated heterocycles. The van der Waals surface area contributed by atoms with E-state index in [4.69, 9.17) is 6.42 Å². The topological polar surface area (TPSA) is 24.4 Å². The first-order valence-electron chi connectivity index (χ1n) is 3.38. The minimum absolute atomic E-state index is 0.395. The molecule has 0 aromatic carbocycles. The summed E-state index contributed by atoms with van der Waals surface area (Å²) in [5.41, 5.74) is 0.879. The summed E-state index contributed by atoms with van der Waals surface area (Å²) in [6.07, 6.45) is 6.18. The van der Waals surface area contributed by atoms with Gasteiger partial charge in [0.25, 0.3) is 0 Å². The van der Waals surface area contributed by atoms with E-state index >= 15 is 0 Å². The molecule has 0 amide bonds. The highest BCUT2D eigenvalue weighted by Gasteiger charge is 2.13. The third-order valence-electron chi connectivity index (χ3n) is 1.37. The van der Waals surface area contributed by atoms with Crippen LogP contribution in [-0.4, -0.2) is 18.6 Å². The zero-order valence-electron chi connectivity index (χ0n) is 6.21. The molecule has 58 valence electrons. The zero-order chi connectivity index (χ0) is 8.10. The Labute approximate surface area is 71.2 Å². The molecule has 11 heavy (non-hydrogen) atoms. The number of nitrogens with zero attached hydrogens (tertiary/aromatic N) is 1. The van der Waals surface area contributed by atoms with Gasteiger partial charge in [-0.3, -0.25) is 0 Å². The Kier molecular flexibility index (Phi) is 3.06. The Balaban J connectivity index is 2.25. The van der Waals surface area contributed by atoms with E-state index in [1.807, 2.05) is 5.41 Å². The summed E-state index contributed by atoms with van der Waals surface area (Å²) in [5, 5.41) is 5.54. The minimum atomic E-state index is 0.395. The van der Waals surface area contributed by atoms with Gasteiger partial charge in [-0.1, -0.05) is 5.92 Å². The zero-order valence-corrected chi connectivity index (χ0v) is 7.03. The Morgan fingerprint density at radius 2 is 2.73 bits per heavy atom. The standard InChI is InChI=1S/C8H10N2S/c1-3-7-6-11-8(10-7)4-5-9-2/h1,6,8,10H,2,4-5H2. The van der Waals surface area contributed by atoms with Crippen LogP contribution < -0.4 is 5.32 Å². The maximum absolute atomic E-state index is 5.19. The molecule has 0 radical (unpaired) electrons. The highest BCUT2D eigenvalue weighted by atomic mass is 32.2. The first-order valence-corrected chi connectivity index (χ1v) is 4.32. The summed E-state index contributed by atoms with van der Waals surface area (Å²) in [4.78, 5) is 3.77. The van der Waals surface area contributed by atoms with Gasteiger partial charge in [-0.15, -0.1) is 18.2 Å². The highest BCUT2D eigenvalue weighted by Crippen LogP contribution is 2.22. The van der Waals surface area contributed by atoms with Crippen LogP contribution in [0.3, 0.4) is 0 Å². The van der Waals surface area contributed by atoms with E-state index in [-0.39, 0.29) is 0 Å². The number of hydrogen-bond donors (Lipinski definition) is 1. The molecule has 1 aliphatic heterocycles. The molecule has 3 heteroatoms. The predicted octanol–water partition coefficient (Wildman–Crippen LogP) is 1.21. The van der Waals surface area contributed by atoms with Gasteiger partial charge in [-0.05, 0) is 13.1 Å². The van der Waals surface area contributed by atoms with E-state index in [0.717, 1.165) is 18.7 Å². The van der Waals surface area contributed by atoms with Crippen LogP contribution in [0.5, 0.6) is 0 Å². The third-order valence-corrected chi connectivity index (χ3v) is 2.43. The number of thioether (sulfide) groups is 1. The van der Waals surface area contributed by atoms with E-state index in [9.17, 15) is 0 Å². The van der Waals surface area contributed by atoms with Crippen LogP contribution >= 0.6 is 11.8 Å². The van der Waals surface area contributed by atoms with E-state index in [2.05, 4.69) is 22.9 Å². The first kappa shape index (κ1) is 8.22. The second kappa shape index (κ2) is 4.09. The lowest BCUT2D eigenvalue weighted by molar-refractivity contribution is 0.713. The molecule has 1 aliphatic rings. The van der Waals surface area contributed by atoms with Gasteiger partial charge >= 0.3 is 0 Å². The number of terminal acetylenes is 1. The Bertz CT molecular complexity index is 215. The average molecular weight is 166 g/mol. The van der Waals surface area contributed by atoms with Crippen molar-refractivity contribution < 1.29 is 0 Å². The summed E-state index contributed by atoms with van der Waals surface area (Å²) >= 11 is 1.71. The van der Waals surface area contributed by atoms with Crippen LogP contribution in [-0.2, 0) is 0 Å². The summed E-state index contributed by atoms with van der Waals surface area (Å²) < 4.78 is 0. The summed E-state index contributed by atoms with van der Waals surface area (Å²) in [6.45, 7) is 4.20. The Morgan fingerprint density at radius 3 is 3.27 bits per heavy atom. The highest BCUT2D eigenvalue weighted by molar-refractivity contribution is 8.02. The van der Waals surface area contributed by atoms with Crippen molar-refractivity contribution in [3.05, 3.63) is 11.1 Å². The molecular weight excluding hydrogens is 156 g/mol. The average Bonchev–Trinajstić information content (AvgIpc) is 2.48. The van der Waals surface area contributed by atoms with Crippen molar-refractivity contribution in [1.29, 1.82) is 0 Å². The van der Waals surface area contributed by atoms with Crippen LogP contribution in [0.25, 0.3) is 0 Å². The van der Waals surface area contributed by atoms with E-state index in [1.54, 1.807) is 11.8 Å². The molecule has 0 aromatic heterocycles. The number of hydrogen-bond acceptors (Lipinski definition) is 3. The second-order valence-corrected chi connectivity index (χ2v) is 3.26. The number of nitrogens with one attached hydrogen (secondary N) is 1. The van der Waals surface area contributed by atoms with Gasteiger partial charge in [0.2, 0.25) is 0 Å². The molecule has 1 N–H and O–H groups in total. The molecule has 0 saturated carbocycles. The molecule has 1 unspecified atom stereocenters. The van der Waals surface area contributed by atoms with Crippen molar-refractivity contribution in [3.8, 4) is 12.3 Å². The fourth-order valence-electron chi connectivity index (χ4n) is 0.816. The molecule has 1 rings (SSSR count). The Hall–Kier alpha value is -0.880. The first-order chi connectivity index (χ1) is 5.36. The predicted molar refractivity (Wildman–Crippen MR) is 50.5 cm³/mol. The molecule has 0 spiro atoms. The number of rotatable bonds is 3. The van der Waals surface area contributed by atoms with Crippen LogP contribution in [0.15, 0.2) is 16.1 Å². The van der Waals surface area contributed by atoms with Gasteiger partial charge in [-0.2, -0.15) is 0 Å². The minimum Gasteiger partial charge on any atom is -0.366 e. The largest absolute Gasteiger partial charge is 0.366 e. The van der Waals surface area contributed by atoms with Crippen LogP contribution in [0.2, 0.25) is 0 Å². The maximum atomic E-state index is 5.19. The van der Waals surface area contributed by atoms with Crippen LogP contribution in [0.4, 0.5) is 0 Å². The van der Waals surface area contributed by atoms with Gasteiger partial charge in [-0.25, -0.2) is 0 Å². The summed E-state index contributed by atoms with van der Waals surface area (Å²) in [6, 6.07) is 0. The van der Waals surface area contributed by atoms with Gasteiger partial charge in [0.15, 0.2) is 0 Å². The molecule has 0 aromatic rings. The van der Waals surface area contributed by atoms with Gasteiger partial charge in [0.1, 0.15) is 0 Å². The normalized spacial score (nSPS) is 21.7. The van der Waals surface area contributed by atoms with Crippen molar-refractivity contribution in [2.45, 2.75) is 11.8 Å². The van der Waals surface area contributed by atoms with Crippen molar-refractivity contribution >= 4 is 18.5 Å². The molecular formula is C8H10N2S. The lowest BCUT2D eigenvalue weighted by Gasteiger charge is -2.07. The van der Waals surface area contributed by atoms with Crippen LogP contribution in [0.1, 0.15) is 6.42 Å². The van der Waals surface area contributed by atoms with Crippen molar-refractivity contribution in [2.75, 3.05) is 6.54 Å². The molecule has 1 heterocycles. The van der Waals surface area contributed by atoms with Crippen molar-refractivity contribution in [1.82, 2.24) is 5.32 Å². The van der Waals surface area contributed by atoms with E-state index < -0.39 is 0 Å². The third kappa shape index (κ3) is 2.32. The van der Waals surface area contributed by atoms with E-state index in [1.165, 1.54) is 0 Å². The Morgan fingerprint density at radius 1 is 1.91 bits per heavy atom. The molecule has 2 nitrogen and oxygen atoms in total. The monoisotopic (exact) mass is 166 g/mol. The van der Waals surface area contributed by atoms with Gasteiger partial charge in [0.05, 0.1) is 11.1 Å².